The maximum atomic E-state index is 13.3. The average molecular weight is 708 g/mol. The lowest BCUT2D eigenvalue weighted by Gasteiger charge is -2.27. The van der Waals surface area contributed by atoms with Gasteiger partial charge in [-0.25, -0.2) is 19.7 Å². The Labute approximate surface area is 295 Å². The largest absolute Gasteiger partial charge is 0.460 e. The molecule has 15 heteroatoms. The Morgan fingerprint density at radius 2 is 1.88 bits per heavy atom. The number of amides is 1. The zero-order chi connectivity index (χ0) is 36.3. The van der Waals surface area contributed by atoms with Crippen LogP contribution in [0.2, 0.25) is 0 Å². The van der Waals surface area contributed by atoms with Crippen molar-refractivity contribution in [1.29, 1.82) is 0 Å². The number of pyridine rings is 1. The highest BCUT2D eigenvalue weighted by molar-refractivity contribution is 6.05. The highest BCUT2D eigenvalue weighted by Gasteiger charge is 2.27. The molecule has 0 radical (unpaired) electrons. The second-order valence-corrected chi connectivity index (χ2v) is 12.4. The van der Waals surface area contributed by atoms with Gasteiger partial charge >= 0.3 is 11.9 Å². The molecule has 3 atom stereocenters. The van der Waals surface area contributed by atoms with Crippen LogP contribution in [0.5, 0.6) is 5.75 Å². The smallest absolute Gasteiger partial charge is 0.334 e. The van der Waals surface area contributed by atoms with Gasteiger partial charge in [-0.1, -0.05) is 32.9 Å². The first-order valence-corrected chi connectivity index (χ1v) is 17.1. The van der Waals surface area contributed by atoms with Crippen LogP contribution in [-0.2, 0) is 33.3 Å². The van der Waals surface area contributed by atoms with Gasteiger partial charge < -0.3 is 43.4 Å². The van der Waals surface area contributed by atoms with Crippen molar-refractivity contribution in [2.24, 2.45) is 5.92 Å². The van der Waals surface area contributed by atoms with Crippen molar-refractivity contribution in [3.05, 3.63) is 42.6 Å². The molecule has 1 aromatic carbocycles. The van der Waals surface area contributed by atoms with E-state index in [-0.39, 0.29) is 44.1 Å². The van der Waals surface area contributed by atoms with Gasteiger partial charge in [-0.2, -0.15) is 0 Å². The molecule has 0 aliphatic carbocycles. The van der Waals surface area contributed by atoms with E-state index in [0.29, 0.717) is 66.7 Å². The van der Waals surface area contributed by atoms with Crippen LogP contribution < -0.4 is 15.0 Å². The molecule has 51 heavy (non-hydrogen) atoms. The fourth-order valence-corrected chi connectivity index (χ4v) is 5.48. The lowest BCUT2D eigenvalue weighted by molar-refractivity contribution is -0.194. The maximum Gasteiger partial charge on any atom is 0.334 e. The Balaban J connectivity index is 1.21. The van der Waals surface area contributed by atoms with Crippen LogP contribution >= 0.6 is 0 Å². The van der Waals surface area contributed by atoms with Crippen LogP contribution in [0.15, 0.2) is 47.0 Å². The summed E-state index contributed by atoms with van der Waals surface area (Å²) in [5, 5.41) is 12.8. The number of methoxy groups -OCH3 is 1. The summed E-state index contributed by atoms with van der Waals surface area (Å²) in [5.74, 6) is -0.534. The molecule has 1 fully saturated rings. The summed E-state index contributed by atoms with van der Waals surface area (Å²) < 4.78 is 33.3. The normalized spacial score (nSPS) is 15.1. The topological polar surface area (TPSA) is 185 Å². The molecule has 0 spiro atoms. The van der Waals surface area contributed by atoms with E-state index in [9.17, 15) is 19.5 Å². The lowest BCUT2D eigenvalue weighted by Crippen LogP contribution is -2.46. The van der Waals surface area contributed by atoms with E-state index in [1.54, 1.807) is 38.2 Å². The van der Waals surface area contributed by atoms with E-state index in [1.807, 2.05) is 25.1 Å². The van der Waals surface area contributed by atoms with Crippen molar-refractivity contribution < 1.29 is 47.6 Å². The molecule has 1 aliphatic heterocycles. The minimum absolute atomic E-state index is 0.00276. The maximum absolute atomic E-state index is 13.3. The number of anilines is 1. The zero-order valence-electron chi connectivity index (χ0n) is 29.3. The minimum atomic E-state index is -0.934. The molecule has 0 saturated carbocycles. The van der Waals surface area contributed by atoms with Crippen LogP contribution in [0, 0.1) is 5.92 Å². The van der Waals surface area contributed by atoms with Crippen LogP contribution in [-0.4, -0.2) is 103 Å². The number of fused-ring (bicyclic) bond motifs is 3. The summed E-state index contributed by atoms with van der Waals surface area (Å²) in [6.07, 6.45) is 1.18. The molecule has 4 heterocycles. The standard InChI is InChI=1S/C36H45N5O10/c1-5-24(20-42)49-29(46-4)21-48-28(44)13-7-12-27(43)38-30(22(2)3)36(45)50-25-10-6-9-23(19-25)33-39-31-26-11-8-14-37-35(26)51-32(31)34(40-33)41-15-17-47-18-16-41/h6,8-11,14,19,22,24,29-30,42H,5,7,12-13,15-18,20-21H2,1-4H3,(H,38,43)/t24?,29?,30-/m0/s1. The van der Waals surface area contributed by atoms with Gasteiger partial charge in [0.15, 0.2) is 23.5 Å². The summed E-state index contributed by atoms with van der Waals surface area (Å²) in [4.78, 5) is 54.6. The van der Waals surface area contributed by atoms with Gasteiger partial charge in [0, 0.05) is 44.8 Å². The lowest BCUT2D eigenvalue weighted by atomic mass is 10.0. The number of morpholine rings is 1. The number of ether oxygens (including phenoxy) is 5. The summed E-state index contributed by atoms with van der Waals surface area (Å²) in [6.45, 7) is 7.52. The highest BCUT2D eigenvalue weighted by Crippen LogP contribution is 2.35. The number of hydrogen-bond acceptors (Lipinski definition) is 14. The molecule has 1 amide bonds. The predicted octanol–water partition coefficient (Wildman–Crippen LogP) is 3.79. The van der Waals surface area contributed by atoms with Crippen LogP contribution in [0.1, 0.15) is 46.5 Å². The Bertz CT molecular complexity index is 1790. The number of carbonyl (C=O) groups is 3. The molecule has 1 aliphatic rings. The van der Waals surface area contributed by atoms with Crippen LogP contribution in [0.4, 0.5) is 5.82 Å². The average Bonchev–Trinajstić information content (AvgIpc) is 3.52. The third-order valence-electron chi connectivity index (χ3n) is 8.36. The quantitative estimate of drug-likeness (QED) is 0.0918. The molecule has 5 rings (SSSR count). The molecule has 0 bridgehead atoms. The minimum Gasteiger partial charge on any atom is -0.460 e. The molecule has 4 aromatic rings. The Morgan fingerprint density at radius 1 is 1.08 bits per heavy atom. The molecule has 2 unspecified atom stereocenters. The van der Waals surface area contributed by atoms with Crippen molar-refractivity contribution in [2.45, 2.75) is 64.9 Å². The van der Waals surface area contributed by atoms with E-state index in [0.717, 1.165) is 5.39 Å². The van der Waals surface area contributed by atoms with Crippen molar-refractivity contribution in [1.82, 2.24) is 20.3 Å². The van der Waals surface area contributed by atoms with Gasteiger partial charge in [-0.15, -0.1) is 0 Å². The van der Waals surface area contributed by atoms with Crippen molar-refractivity contribution in [2.75, 3.05) is 51.5 Å². The van der Waals surface area contributed by atoms with E-state index < -0.39 is 36.3 Å². The summed E-state index contributed by atoms with van der Waals surface area (Å²) in [5.41, 5.74) is 2.25. The van der Waals surface area contributed by atoms with Gasteiger partial charge in [0.05, 0.1) is 31.3 Å². The first-order chi connectivity index (χ1) is 24.7. The van der Waals surface area contributed by atoms with Gasteiger partial charge in [0.25, 0.3) is 0 Å². The first kappa shape index (κ1) is 37.6. The van der Waals surface area contributed by atoms with Crippen LogP contribution in [0.25, 0.3) is 33.6 Å². The second-order valence-electron chi connectivity index (χ2n) is 12.4. The Morgan fingerprint density at radius 3 is 2.61 bits per heavy atom. The number of carbonyl (C=O) groups excluding carboxylic acids is 3. The number of furan rings is 1. The first-order valence-electron chi connectivity index (χ1n) is 17.1. The molecule has 2 N–H and O–H groups in total. The number of hydrogen-bond donors (Lipinski definition) is 2. The number of aromatic nitrogens is 3. The summed E-state index contributed by atoms with van der Waals surface area (Å²) in [7, 11) is 1.41. The second kappa shape index (κ2) is 18.0. The number of rotatable bonds is 17. The monoisotopic (exact) mass is 707 g/mol. The predicted molar refractivity (Wildman–Crippen MR) is 186 cm³/mol. The van der Waals surface area contributed by atoms with Crippen molar-refractivity contribution in [3.8, 4) is 17.1 Å². The number of nitrogens with one attached hydrogen (secondary N) is 1. The third-order valence-corrected chi connectivity index (χ3v) is 8.36. The van der Waals surface area contributed by atoms with E-state index in [2.05, 4.69) is 15.2 Å². The van der Waals surface area contributed by atoms with Gasteiger partial charge in [0.1, 0.15) is 23.9 Å². The number of aliphatic hydroxyl groups is 1. The van der Waals surface area contributed by atoms with Gasteiger partial charge in [-0.3, -0.25) is 9.59 Å². The zero-order valence-corrected chi connectivity index (χ0v) is 29.3. The van der Waals surface area contributed by atoms with E-state index >= 15 is 0 Å². The molecule has 15 nitrogen and oxygen atoms in total. The summed E-state index contributed by atoms with van der Waals surface area (Å²) >= 11 is 0. The molecule has 274 valence electrons. The fraction of sp³-hybridized carbons (Fsp3) is 0.500. The third kappa shape index (κ3) is 9.76. The number of nitrogens with zero attached hydrogens (tertiary/aromatic N) is 4. The number of esters is 2. The fourth-order valence-electron chi connectivity index (χ4n) is 5.48. The van der Waals surface area contributed by atoms with Crippen LogP contribution in [0.3, 0.4) is 0 Å². The van der Waals surface area contributed by atoms with E-state index in [4.69, 9.17) is 38.1 Å². The Hall–Kier alpha value is -4.70. The number of benzene rings is 1. The number of aliphatic hydroxyl groups excluding tert-OH is 1. The summed E-state index contributed by atoms with van der Waals surface area (Å²) in [6, 6.07) is 9.69. The molecule has 3 aromatic heterocycles. The van der Waals surface area contributed by atoms with Crippen molar-refractivity contribution >= 4 is 45.9 Å². The van der Waals surface area contributed by atoms with Gasteiger partial charge in [0.2, 0.25) is 11.6 Å². The molecule has 1 saturated heterocycles. The highest BCUT2D eigenvalue weighted by atomic mass is 16.7. The van der Waals surface area contributed by atoms with E-state index in [1.165, 1.54) is 7.11 Å². The Kier molecular flexibility index (Phi) is 13.2. The van der Waals surface area contributed by atoms with Gasteiger partial charge in [-0.05, 0) is 43.0 Å². The SMILES string of the molecule is CCC(CO)OC(COC(=O)CCCC(=O)N[C@H](C(=O)Oc1cccc(-c2nc(N3CCOCC3)c3oc4ncccc4c3n2)c1)C(C)C)OC. The van der Waals surface area contributed by atoms with Crippen molar-refractivity contribution in [3.63, 3.8) is 0 Å². The molecular weight excluding hydrogens is 662 g/mol. The molecular formula is C36H45N5O10.